The first-order chi connectivity index (χ1) is 10.6. The van der Waals surface area contributed by atoms with Crippen LogP contribution in [0.4, 0.5) is 0 Å². The Balaban J connectivity index is 1.73. The van der Waals surface area contributed by atoms with Crippen molar-refractivity contribution in [3.05, 3.63) is 23.8 Å². The number of rotatable bonds is 5. The van der Waals surface area contributed by atoms with Gasteiger partial charge in [-0.2, -0.15) is 0 Å². The van der Waals surface area contributed by atoms with E-state index in [2.05, 4.69) is 11.8 Å². The van der Waals surface area contributed by atoms with E-state index in [1.807, 2.05) is 18.2 Å². The summed E-state index contributed by atoms with van der Waals surface area (Å²) in [7, 11) is -2.85. The van der Waals surface area contributed by atoms with Gasteiger partial charge in [0.25, 0.3) is 0 Å². The summed E-state index contributed by atoms with van der Waals surface area (Å²) in [5.74, 6) is 2.19. The highest BCUT2D eigenvalue weighted by molar-refractivity contribution is 7.91. The first-order valence-electron chi connectivity index (χ1n) is 7.90. The summed E-state index contributed by atoms with van der Waals surface area (Å²) in [5, 5.41) is 0. The van der Waals surface area contributed by atoms with Gasteiger partial charge in [0, 0.05) is 12.6 Å². The smallest absolute Gasteiger partial charge is 0.161 e. The van der Waals surface area contributed by atoms with Crippen LogP contribution in [0.3, 0.4) is 0 Å². The molecular weight excluding hydrogens is 302 g/mol. The molecular formula is C16H23NO4S. The molecule has 2 aliphatic rings. The fourth-order valence-corrected chi connectivity index (χ4v) is 4.92. The molecule has 0 saturated carbocycles. The predicted octanol–water partition coefficient (Wildman–Crippen LogP) is 1.86. The van der Waals surface area contributed by atoms with Crippen LogP contribution in [-0.4, -0.2) is 50.6 Å². The number of nitrogens with zero attached hydrogens (tertiary/aromatic N) is 1. The molecule has 1 saturated heterocycles. The Morgan fingerprint density at radius 3 is 2.68 bits per heavy atom. The molecule has 0 unspecified atom stereocenters. The van der Waals surface area contributed by atoms with Crippen LogP contribution in [0.25, 0.3) is 0 Å². The number of sulfone groups is 1. The summed E-state index contributed by atoms with van der Waals surface area (Å²) in [6.07, 6.45) is 1.76. The lowest BCUT2D eigenvalue weighted by Gasteiger charge is -2.28. The highest BCUT2D eigenvalue weighted by atomic mass is 32.2. The Kier molecular flexibility index (Phi) is 4.59. The maximum atomic E-state index is 11.7. The highest BCUT2D eigenvalue weighted by Crippen LogP contribution is 2.31. The molecule has 1 fully saturated rings. The van der Waals surface area contributed by atoms with Crippen LogP contribution in [0.1, 0.15) is 25.3 Å². The van der Waals surface area contributed by atoms with Gasteiger partial charge in [0.2, 0.25) is 0 Å². The van der Waals surface area contributed by atoms with Crippen molar-refractivity contribution in [3.8, 4) is 11.5 Å². The quantitative estimate of drug-likeness (QED) is 0.827. The van der Waals surface area contributed by atoms with Crippen LogP contribution >= 0.6 is 0 Å². The minimum absolute atomic E-state index is 0.137. The molecule has 3 rings (SSSR count). The number of hydrogen-bond donors (Lipinski definition) is 0. The van der Waals surface area contributed by atoms with Crippen LogP contribution in [0.2, 0.25) is 0 Å². The molecule has 0 bridgehead atoms. The molecule has 0 aliphatic carbocycles. The van der Waals surface area contributed by atoms with E-state index in [1.54, 1.807) is 0 Å². The average Bonchev–Trinajstić information content (AvgIpc) is 2.87. The summed E-state index contributed by atoms with van der Waals surface area (Å²) in [5.41, 5.74) is 1.14. The van der Waals surface area contributed by atoms with Crippen LogP contribution in [0, 0.1) is 0 Å². The lowest BCUT2D eigenvalue weighted by molar-refractivity contribution is 0.170. The Morgan fingerprint density at radius 2 is 2.00 bits per heavy atom. The van der Waals surface area contributed by atoms with Crippen molar-refractivity contribution in [1.29, 1.82) is 0 Å². The second-order valence-electron chi connectivity index (χ2n) is 6.01. The zero-order chi connectivity index (χ0) is 15.6. The third-order valence-corrected chi connectivity index (χ3v) is 5.98. The lowest BCUT2D eigenvalue weighted by atomic mass is 10.1. The number of benzene rings is 1. The Morgan fingerprint density at radius 1 is 1.23 bits per heavy atom. The van der Waals surface area contributed by atoms with Gasteiger partial charge >= 0.3 is 0 Å². The molecule has 2 heterocycles. The standard InChI is InChI=1S/C16H23NO4S/c1-2-6-17(14-5-9-22(18,19)12-14)11-13-3-4-15-16(10-13)21-8-7-20-15/h3-4,10,14H,2,5-9,11-12H2,1H3/t14-/m1/s1. The normalized spacial score (nSPS) is 22.9. The van der Waals surface area contributed by atoms with Crippen molar-refractivity contribution >= 4 is 9.84 Å². The van der Waals surface area contributed by atoms with Crippen LogP contribution in [-0.2, 0) is 16.4 Å². The van der Waals surface area contributed by atoms with Gasteiger partial charge in [0.15, 0.2) is 21.3 Å². The fourth-order valence-electron chi connectivity index (χ4n) is 3.16. The number of fused-ring (bicyclic) bond motifs is 1. The molecule has 0 N–H and O–H groups in total. The van der Waals surface area contributed by atoms with Crippen molar-refractivity contribution < 1.29 is 17.9 Å². The molecule has 1 atom stereocenters. The predicted molar refractivity (Wildman–Crippen MR) is 85.2 cm³/mol. The fraction of sp³-hybridized carbons (Fsp3) is 0.625. The molecule has 0 radical (unpaired) electrons. The molecule has 5 nitrogen and oxygen atoms in total. The third kappa shape index (κ3) is 3.55. The van der Waals surface area contributed by atoms with E-state index >= 15 is 0 Å². The van der Waals surface area contributed by atoms with Crippen molar-refractivity contribution in [3.63, 3.8) is 0 Å². The zero-order valence-electron chi connectivity index (χ0n) is 13.0. The van der Waals surface area contributed by atoms with Crippen LogP contribution < -0.4 is 9.47 Å². The maximum Gasteiger partial charge on any atom is 0.161 e. The molecule has 6 heteroatoms. The largest absolute Gasteiger partial charge is 0.486 e. The summed E-state index contributed by atoms with van der Waals surface area (Å²) in [6.45, 7) is 4.96. The van der Waals surface area contributed by atoms with Crippen molar-refractivity contribution in [1.82, 2.24) is 4.90 Å². The van der Waals surface area contributed by atoms with Gasteiger partial charge in [0.1, 0.15) is 13.2 Å². The van der Waals surface area contributed by atoms with E-state index in [4.69, 9.17) is 9.47 Å². The molecule has 0 amide bonds. The molecule has 22 heavy (non-hydrogen) atoms. The maximum absolute atomic E-state index is 11.7. The molecule has 122 valence electrons. The van der Waals surface area contributed by atoms with Crippen molar-refractivity contribution in [2.45, 2.75) is 32.4 Å². The Bertz CT molecular complexity index is 629. The molecule has 2 aliphatic heterocycles. The summed E-state index contributed by atoms with van der Waals surface area (Å²) in [6, 6.07) is 6.14. The van der Waals surface area contributed by atoms with E-state index in [9.17, 15) is 8.42 Å². The van der Waals surface area contributed by atoms with Gasteiger partial charge in [-0.25, -0.2) is 8.42 Å². The molecule has 1 aromatic rings. The molecule has 0 aromatic heterocycles. The monoisotopic (exact) mass is 325 g/mol. The molecule has 0 spiro atoms. The second-order valence-corrected chi connectivity index (χ2v) is 8.23. The zero-order valence-corrected chi connectivity index (χ0v) is 13.8. The molecule has 1 aromatic carbocycles. The lowest BCUT2D eigenvalue weighted by Crippen LogP contribution is -2.36. The minimum atomic E-state index is -2.85. The Labute approximate surface area is 132 Å². The van der Waals surface area contributed by atoms with Crippen LogP contribution in [0.5, 0.6) is 11.5 Å². The van der Waals surface area contributed by atoms with Gasteiger partial charge < -0.3 is 9.47 Å². The van der Waals surface area contributed by atoms with E-state index in [0.717, 1.165) is 43.0 Å². The first kappa shape index (κ1) is 15.6. The van der Waals surface area contributed by atoms with Gasteiger partial charge in [-0.15, -0.1) is 0 Å². The third-order valence-electron chi connectivity index (χ3n) is 4.23. The highest BCUT2D eigenvalue weighted by Gasteiger charge is 2.32. The second kappa shape index (κ2) is 6.46. The summed E-state index contributed by atoms with van der Waals surface area (Å²) in [4.78, 5) is 2.29. The number of hydrogen-bond acceptors (Lipinski definition) is 5. The average molecular weight is 325 g/mol. The minimum Gasteiger partial charge on any atom is -0.486 e. The first-order valence-corrected chi connectivity index (χ1v) is 9.72. The number of ether oxygens (including phenoxy) is 2. The van der Waals surface area contributed by atoms with Gasteiger partial charge in [-0.3, -0.25) is 4.90 Å². The van der Waals surface area contributed by atoms with E-state index in [-0.39, 0.29) is 11.8 Å². The van der Waals surface area contributed by atoms with Gasteiger partial charge in [0.05, 0.1) is 11.5 Å². The van der Waals surface area contributed by atoms with Crippen molar-refractivity contribution in [2.75, 3.05) is 31.3 Å². The Hall–Kier alpha value is -1.27. The van der Waals surface area contributed by atoms with Gasteiger partial charge in [-0.1, -0.05) is 13.0 Å². The summed E-state index contributed by atoms with van der Waals surface area (Å²) < 4.78 is 34.6. The van der Waals surface area contributed by atoms with Crippen molar-refractivity contribution in [2.24, 2.45) is 0 Å². The van der Waals surface area contributed by atoms with E-state index in [1.165, 1.54) is 0 Å². The topological polar surface area (TPSA) is 55.8 Å². The van der Waals surface area contributed by atoms with Crippen LogP contribution in [0.15, 0.2) is 18.2 Å². The summed E-state index contributed by atoms with van der Waals surface area (Å²) >= 11 is 0. The van der Waals surface area contributed by atoms with Gasteiger partial charge in [-0.05, 0) is 37.1 Å². The van der Waals surface area contributed by atoms with E-state index < -0.39 is 9.84 Å². The SMILES string of the molecule is CCCN(Cc1ccc2c(c1)OCCO2)[C@@H]1CCS(=O)(=O)C1. The van der Waals surface area contributed by atoms with E-state index in [0.29, 0.717) is 19.0 Å².